The lowest BCUT2D eigenvalue weighted by Gasteiger charge is -2.26. The Morgan fingerprint density at radius 1 is 1.12 bits per heavy atom. The summed E-state index contributed by atoms with van der Waals surface area (Å²) in [6.45, 7) is 0. The number of benzene rings is 1. The highest BCUT2D eigenvalue weighted by atomic mass is 32.2. The maximum atomic E-state index is 13.3. The monoisotopic (exact) mass is 424 g/mol. The zero-order chi connectivity index (χ0) is 20.1. The van der Waals surface area contributed by atoms with Gasteiger partial charge in [0, 0.05) is 6.26 Å². The second kappa shape index (κ2) is 6.04. The standard InChI is InChI=1S/C12H7F7N2O3S2/c1-26(23,24)5-2-3-6-7(4-5)25-9(20-6)21-8(22)10(13,14)11(15,16)12(17,18)19/h2-4H,1H3,(H,20,21,22). The molecule has 1 aromatic heterocycles. The topological polar surface area (TPSA) is 76.1 Å². The molecule has 0 saturated heterocycles. The van der Waals surface area contributed by atoms with E-state index in [1.165, 1.54) is 5.32 Å². The number of thiazole rings is 1. The summed E-state index contributed by atoms with van der Waals surface area (Å²) in [5, 5.41) is 0.496. The van der Waals surface area contributed by atoms with Crippen molar-refractivity contribution in [2.24, 2.45) is 0 Å². The first-order valence-corrected chi connectivity index (χ1v) is 9.02. The summed E-state index contributed by atoms with van der Waals surface area (Å²) < 4.78 is 111. The van der Waals surface area contributed by atoms with E-state index < -0.39 is 38.9 Å². The number of fused-ring (bicyclic) bond motifs is 1. The molecule has 0 atom stereocenters. The molecule has 1 amide bonds. The van der Waals surface area contributed by atoms with Crippen molar-refractivity contribution in [3.8, 4) is 0 Å². The number of carbonyl (C=O) groups excluding carboxylic acids is 1. The number of hydrogen-bond acceptors (Lipinski definition) is 5. The number of nitrogens with zero attached hydrogens (tertiary/aromatic N) is 1. The largest absolute Gasteiger partial charge is 0.460 e. The van der Waals surface area contributed by atoms with Gasteiger partial charge in [0.15, 0.2) is 15.0 Å². The number of aromatic nitrogens is 1. The van der Waals surface area contributed by atoms with E-state index in [0.29, 0.717) is 11.3 Å². The fourth-order valence-electron chi connectivity index (χ4n) is 1.69. The van der Waals surface area contributed by atoms with E-state index in [0.717, 1.165) is 24.5 Å². The Balaban J connectivity index is 2.35. The van der Waals surface area contributed by atoms with Crippen molar-refractivity contribution in [2.45, 2.75) is 22.9 Å². The Kier molecular flexibility index (Phi) is 4.73. The highest BCUT2D eigenvalue weighted by Crippen LogP contribution is 2.47. The molecule has 2 aromatic rings. The van der Waals surface area contributed by atoms with Gasteiger partial charge in [-0.05, 0) is 18.2 Å². The molecule has 1 aromatic carbocycles. The Labute approximate surface area is 144 Å². The second-order valence-electron chi connectivity index (χ2n) is 5.02. The van der Waals surface area contributed by atoms with E-state index in [9.17, 15) is 43.9 Å². The number of hydrogen-bond donors (Lipinski definition) is 1. The van der Waals surface area contributed by atoms with Gasteiger partial charge in [0.2, 0.25) is 0 Å². The fraction of sp³-hybridized carbons (Fsp3) is 0.333. The van der Waals surface area contributed by atoms with Crippen LogP contribution < -0.4 is 5.32 Å². The SMILES string of the molecule is CS(=O)(=O)c1ccc2nc(NC(=O)C(F)(F)C(F)(F)C(F)(F)F)sc2c1. The first kappa shape index (κ1) is 20.4. The molecule has 0 aliphatic rings. The highest BCUT2D eigenvalue weighted by molar-refractivity contribution is 7.90. The van der Waals surface area contributed by atoms with Crippen LogP contribution in [0, 0.1) is 0 Å². The van der Waals surface area contributed by atoms with E-state index >= 15 is 0 Å². The van der Waals surface area contributed by atoms with Crippen LogP contribution in [0.15, 0.2) is 23.1 Å². The summed E-state index contributed by atoms with van der Waals surface area (Å²) in [7, 11) is -3.62. The molecule has 1 heterocycles. The predicted molar refractivity (Wildman–Crippen MR) is 77.3 cm³/mol. The van der Waals surface area contributed by atoms with Gasteiger partial charge in [0.25, 0.3) is 0 Å². The lowest BCUT2D eigenvalue weighted by molar-refractivity contribution is -0.343. The molecular weight excluding hydrogens is 417 g/mol. The summed E-state index contributed by atoms with van der Waals surface area (Å²) in [5.74, 6) is -15.6. The minimum Gasteiger partial charge on any atom is -0.296 e. The number of rotatable bonds is 4. The summed E-state index contributed by atoms with van der Waals surface area (Å²) >= 11 is 0.423. The van der Waals surface area contributed by atoms with Gasteiger partial charge >= 0.3 is 23.9 Å². The fourth-order valence-corrected chi connectivity index (χ4v) is 3.31. The van der Waals surface area contributed by atoms with Crippen LogP contribution in [-0.4, -0.2) is 43.6 Å². The van der Waals surface area contributed by atoms with Crippen LogP contribution in [0.3, 0.4) is 0 Å². The number of nitrogens with one attached hydrogen (secondary N) is 1. The maximum Gasteiger partial charge on any atom is 0.460 e. The summed E-state index contributed by atoms with van der Waals surface area (Å²) in [5.41, 5.74) is 0.0172. The van der Waals surface area contributed by atoms with Gasteiger partial charge in [-0.1, -0.05) is 11.3 Å². The van der Waals surface area contributed by atoms with Crippen molar-refractivity contribution in [1.82, 2.24) is 4.98 Å². The van der Waals surface area contributed by atoms with Crippen molar-refractivity contribution >= 4 is 42.4 Å². The van der Waals surface area contributed by atoms with Crippen LogP contribution in [0.5, 0.6) is 0 Å². The van der Waals surface area contributed by atoms with Gasteiger partial charge in [0.1, 0.15) is 0 Å². The number of alkyl halides is 7. The first-order chi connectivity index (χ1) is 11.6. The molecule has 0 saturated carbocycles. The van der Waals surface area contributed by atoms with Crippen molar-refractivity contribution < 1.29 is 43.9 Å². The summed E-state index contributed by atoms with van der Waals surface area (Å²) in [6, 6.07) is 3.36. The van der Waals surface area contributed by atoms with Crippen LogP contribution in [0.25, 0.3) is 10.2 Å². The third-order valence-electron chi connectivity index (χ3n) is 3.04. The van der Waals surface area contributed by atoms with Crippen LogP contribution in [0.1, 0.15) is 0 Å². The minimum atomic E-state index is -6.65. The number of sulfone groups is 1. The van der Waals surface area contributed by atoms with Crippen LogP contribution in [0.2, 0.25) is 0 Å². The maximum absolute atomic E-state index is 13.3. The minimum absolute atomic E-state index is 0.0172. The number of amides is 1. The number of halogens is 7. The van der Waals surface area contributed by atoms with Gasteiger partial charge in [-0.15, -0.1) is 0 Å². The van der Waals surface area contributed by atoms with E-state index in [1.807, 2.05) is 0 Å². The quantitative estimate of drug-likeness (QED) is 0.763. The van der Waals surface area contributed by atoms with E-state index in [2.05, 4.69) is 4.98 Å². The second-order valence-corrected chi connectivity index (χ2v) is 8.07. The molecule has 0 spiro atoms. The average molecular weight is 424 g/mol. The highest BCUT2D eigenvalue weighted by Gasteiger charge is 2.76. The predicted octanol–water partition coefficient (Wildman–Crippen LogP) is 3.47. The van der Waals surface area contributed by atoms with Gasteiger partial charge in [-0.25, -0.2) is 13.4 Å². The van der Waals surface area contributed by atoms with Gasteiger partial charge < -0.3 is 0 Å². The molecule has 0 unspecified atom stereocenters. The van der Waals surface area contributed by atoms with Crippen molar-refractivity contribution in [1.29, 1.82) is 0 Å². The van der Waals surface area contributed by atoms with Gasteiger partial charge in [-0.2, -0.15) is 30.7 Å². The zero-order valence-corrected chi connectivity index (χ0v) is 14.0. The van der Waals surface area contributed by atoms with Crippen molar-refractivity contribution in [3.63, 3.8) is 0 Å². The van der Waals surface area contributed by atoms with Crippen molar-refractivity contribution in [2.75, 3.05) is 11.6 Å². The molecule has 2 rings (SSSR count). The lowest BCUT2D eigenvalue weighted by Crippen LogP contribution is -2.57. The van der Waals surface area contributed by atoms with Gasteiger partial charge in [-0.3, -0.25) is 10.1 Å². The molecule has 144 valence electrons. The molecule has 14 heteroatoms. The van der Waals surface area contributed by atoms with E-state index in [4.69, 9.17) is 0 Å². The molecule has 5 nitrogen and oxygen atoms in total. The summed E-state index contributed by atoms with van der Waals surface area (Å²) in [4.78, 5) is 14.7. The van der Waals surface area contributed by atoms with Gasteiger partial charge in [0.05, 0.1) is 15.1 Å². The van der Waals surface area contributed by atoms with Crippen LogP contribution >= 0.6 is 11.3 Å². The summed E-state index contributed by atoms with van der Waals surface area (Å²) in [6.07, 6.45) is -5.76. The Hall–Kier alpha value is -1.96. The molecular formula is C12H7F7N2O3S2. The Morgan fingerprint density at radius 3 is 2.19 bits per heavy atom. The molecule has 1 N–H and O–H groups in total. The molecule has 0 fully saturated rings. The van der Waals surface area contributed by atoms with E-state index in [1.54, 1.807) is 0 Å². The third-order valence-corrected chi connectivity index (χ3v) is 5.09. The zero-order valence-electron chi connectivity index (χ0n) is 12.4. The molecule has 0 radical (unpaired) electrons. The number of anilines is 1. The molecule has 0 aliphatic heterocycles. The first-order valence-electron chi connectivity index (χ1n) is 6.32. The Morgan fingerprint density at radius 2 is 1.69 bits per heavy atom. The van der Waals surface area contributed by atoms with Crippen LogP contribution in [-0.2, 0) is 14.6 Å². The lowest BCUT2D eigenvalue weighted by atomic mass is 10.1. The van der Waals surface area contributed by atoms with Crippen molar-refractivity contribution in [3.05, 3.63) is 18.2 Å². The average Bonchev–Trinajstić information content (AvgIpc) is 2.85. The normalized spacial score (nSPS) is 13.8. The molecule has 0 bridgehead atoms. The molecule has 0 aliphatic carbocycles. The molecule has 26 heavy (non-hydrogen) atoms. The van der Waals surface area contributed by atoms with E-state index in [-0.39, 0.29) is 15.1 Å². The Bertz CT molecular complexity index is 967. The van der Waals surface area contributed by atoms with Crippen LogP contribution in [0.4, 0.5) is 35.9 Å². The smallest absolute Gasteiger partial charge is 0.296 e. The number of carbonyl (C=O) groups is 1. The third kappa shape index (κ3) is 3.47.